The first-order valence-electron chi connectivity index (χ1n) is 8.11. The molecule has 0 aliphatic rings. The summed E-state index contributed by atoms with van der Waals surface area (Å²) in [5.41, 5.74) is 3.62. The zero-order valence-electron chi connectivity index (χ0n) is 13.8. The Balaban J connectivity index is 1.67. The van der Waals surface area contributed by atoms with E-state index in [-0.39, 0.29) is 5.91 Å². The van der Waals surface area contributed by atoms with Crippen LogP contribution in [0, 0.1) is 11.3 Å². The van der Waals surface area contributed by atoms with Crippen molar-refractivity contribution in [2.24, 2.45) is 0 Å². The summed E-state index contributed by atoms with van der Waals surface area (Å²) in [4.78, 5) is 18.8. The highest BCUT2D eigenvalue weighted by atomic mass is 16.1. The molecule has 0 aliphatic carbocycles. The van der Waals surface area contributed by atoms with E-state index in [9.17, 15) is 10.1 Å². The highest BCUT2D eigenvalue weighted by molar-refractivity contribution is 6.04. The lowest BCUT2D eigenvalue weighted by molar-refractivity contribution is 0.102. The molecule has 6 nitrogen and oxygen atoms in total. The number of rotatable bonds is 4. The van der Waals surface area contributed by atoms with Gasteiger partial charge in [-0.2, -0.15) is 5.26 Å². The molecule has 1 amide bonds. The van der Waals surface area contributed by atoms with Gasteiger partial charge in [-0.05, 0) is 23.8 Å². The molecule has 126 valence electrons. The molecule has 2 N–H and O–H groups in total. The van der Waals surface area contributed by atoms with Gasteiger partial charge in [-0.1, -0.05) is 30.3 Å². The highest BCUT2D eigenvalue weighted by Crippen LogP contribution is 2.25. The van der Waals surface area contributed by atoms with Gasteiger partial charge in [-0.25, -0.2) is 4.98 Å². The first-order chi connectivity index (χ1) is 12.7. The zero-order chi connectivity index (χ0) is 17.9. The molecular weight excluding hydrogens is 326 g/mol. The van der Waals surface area contributed by atoms with Gasteiger partial charge in [0.05, 0.1) is 11.9 Å². The van der Waals surface area contributed by atoms with Crippen molar-refractivity contribution < 1.29 is 4.79 Å². The molecule has 2 heterocycles. The molecule has 6 heteroatoms. The van der Waals surface area contributed by atoms with Crippen molar-refractivity contribution in [3.8, 4) is 6.07 Å². The fraction of sp³-hybridized carbons (Fsp3) is 0.0500. The molecule has 0 saturated carbocycles. The Labute approximate surface area is 149 Å². The van der Waals surface area contributed by atoms with Crippen LogP contribution in [-0.4, -0.2) is 20.4 Å². The van der Waals surface area contributed by atoms with E-state index in [2.05, 4.69) is 33.5 Å². The molecule has 0 aliphatic heterocycles. The van der Waals surface area contributed by atoms with Gasteiger partial charge in [0.15, 0.2) is 0 Å². The minimum absolute atomic E-state index is 0.298. The molecule has 26 heavy (non-hydrogen) atoms. The number of H-pyrrole nitrogens is 1. The van der Waals surface area contributed by atoms with E-state index >= 15 is 0 Å². The van der Waals surface area contributed by atoms with Gasteiger partial charge in [0.1, 0.15) is 11.8 Å². The minimum atomic E-state index is -0.298. The third-order valence-corrected chi connectivity index (χ3v) is 4.19. The van der Waals surface area contributed by atoms with Gasteiger partial charge in [0.2, 0.25) is 0 Å². The summed E-state index contributed by atoms with van der Waals surface area (Å²) in [6.45, 7) is 0.679. The number of nitrogens with zero attached hydrogens (tertiary/aromatic N) is 3. The van der Waals surface area contributed by atoms with Crippen molar-refractivity contribution in [1.29, 1.82) is 5.26 Å². The minimum Gasteiger partial charge on any atom is -0.350 e. The number of nitriles is 1. The molecule has 0 fully saturated rings. The summed E-state index contributed by atoms with van der Waals surface area (Å²) in [5.74, 6) is -0.298. The van der Waals surface area contributed by atoms with Crippen LogP contribution in [0.2, 0.25) is 0 Å². The average molecular weight is 341 g/mol. The molecule has 2 aromatic heterocycles. The molecule has 0 spiro atoms. The molecule has 2 aromatic carbocycles. The number of anilines is 1. The van der Waals surface area contributed by atoms with E-state index in [1.54, 1.807) is 0 Å². The second-order valence-corrected chi connectivity index (χ2v) is 5.91. The molecule has 4 aromatic rings. The highest BCUT2D eigenvalue weighted by Gasteiger charge is 2.12. The van der Waals surface area contributed by atoms with Crippen molar-refractivity contribution in [1.82, 2.24) is 14.5 Å². The van der Waals surface area contributed by atoms with Crippen LogP contribution in [0.15, 0.2) is 67.3 Å². The Hall–Kier alpha value is -3.85. The summed E-state index contributed by atoms with van der Waals surface area (Å²) in [7, 11) is 0. The van der Waals surface area contributed by atoms with E-state index in [0.717, 1.165) is 16.5 Å². The monoisotopic (exact) mass is 341 g/mol. The van der Waals surface area contributed by atoms with Gasteiger partial charge >= 0.3 is 0 Å². The first-order valence-corrected chi connectivity index (χ1v) is 8.11. The smallest absolute Gasteiger partial charge is 0.275 e. The number of fused-ring (bicyclic) bond motifs is 1. The fourth-order valence-corrected chi connectivity index (χ4v) is 2.95. The van der Waals surface area contributed by atoms with Crippen LogP contribution in [0.5, 0.6) is 0 Å². The van der Waals surface area contributed by atoms with Crippen LogP contribution >= 0.6 is 0 Å². The summed E-state index contributed by atoms with van der Waals surface area (Å²) in [5, 5.41) is 13.1. The summed E-state index contributed by atoms with van der Waals surface area (Å²) in [6.07, 6.45) is 4.83. The van der Waals surface area contributed by atoms with Crippen molar-refractivity contribution >= 4 is 22.5 Å². The number of nitrogens with one attached hydrogen (secondary N) is 2. The molecule has 0 saturated heterocycles. The lowest BCUT2D eigenvalue weighted by Crippen LogP contribution is -2.12. The zero-order valence-corrected chi connectivity index (χ0v) is 13.8. The summed E-state index contributed by atoms with van der Waals surface area (Å²) in [6, 6.07) is 17.9. The second kappa shape index (κ2) is 6.57. The van der Waals surface area contributed by atoms with Crippen LogP contribution in [0.4, 0.5) is 5.69 Å². The van der Waals surface area contributed by atoms with E-state index in [4.69, 9.17) is 0 Å². The maximum Gasteiger partial charge on any atom is 0.275 e. The third kappa shape index (κ3) is 2.94. The Morgan fingerprint density at radius 3 is 2.81 bits per heavy atom. The van der Waals surface area contributed by atoms with Crippen LogP contribution in [0.3, 0.4) is 0 Å². The van der Waals surface area contributed by atoms with Crippen molar-refractivity contribution in [3.63, 3.8) is 0 Å². The molecule has 0 unspecified atom stereocenters. The first kappa shape index (κ1) is 15.7. The number of hydrogen-bond acceptors (Lipinski definition) is 3. The summed E-state index contributed by atoms with van der Waals surface area (Å²) < 4.78 is 2.04. The number of carbonyl (C=O) groups excluding carboxylic acids is 1. The normalized spacial score (nSPS) is 10.6. The molecule has 0 radical (unpaired) electrons. The molecule has 4 rings (SSSR count). The van der Waals surface area contributed by atoms with Crippen LogP contribution in [-0.2, 0) is 6.54 Å². The molecule has 0 bridgehead atoms. The number of benzene rings is 2. The van der Waals surface area contributed by atoms with E-state index in [1.807, 2.05) is 47.2 Å². The predicted molar refractivity (Wildman–Crippen MR) is 98.7 cm³/mol. The van der Waals surface area contributed by atoms with E-state index < -0.39 is 0 Å². The Bertz CT molecular complexity index is 1100. The summed E-state index contributed by atoms with van der Waals surface area (Å²) >= 11 is 0. The Morgan fingerprint density at radius 1 is 1.23 bits per heavy atom. The van der Waals surface area contributed by atoms with Crippen LogP contribution < -0.4 is 5.32 Å². The van der Waals surface area contributed by atoms with Crippen molar-refractivity contribution in [3.05, 3.63) is 84.1 Å². The number of carbonyl (C=O) groups is 1. The Kier molecular flexibility index (Phi) is 3.96. The average Bonchev–Trinajstić information content (AvgIpc) is 3.31. The number of amides is 1. The lowest BCUT2D eigenvalue weighted by atomic mass is 10.1. The maximum atomic E-state index is 12.1. The van der Waals surface area contributed by atoms with Gasteiger partial charge in [-0.15, -0.1) is 0 Å². The van der Waals surface area contributed by atoms with Crippen molar-refractivity contribution in [2.75, 3.05) is 5.32 Å². The standard InChI is InChI=1S/C20H15N5O/c21-9-15-12-25(11-14-4-2-1-3-5-14)19-7-6-16(8-17(15)19)24-20(26)18-10-22-13-23-18/h1-8,10,12-13H,11H2,(H,22,23)(H,24,26). The topological polar surface area (TPSA) is 86.5 Å². The molecule has 0 atom stereocenters. The van der Waals surface area contributed by atoms with E-state index in [1.165, 1.54) is 12.5 Å². The lowest BCUT2D eigenvalue weighted by Gasteiger charge is -2.07. The SMILES string of the molecule is N#Cc1cn(Cc2ccccc2)c2ccc(NC(=O)c3c[nH]cn3)cc12. The Morgan fingerprint density at radius 2 is 2.08 bits per heavy atom. The maximum absolute atomic E-state index is 12.1. The number of aromatic nitrogens is 3. The van der Waals surface area contributed by atoms with E-state index in [0.29, 0.717) is 23.5 Å². The largest absolute Gasteiger partial charge is 0.350 e. The quantitative estimate of drug-likeness (QED) is 0.595. The van der Waals surface area contributed by atoms with Crippen LogP contribution in [0.1, 0.15) is 21.6 Å². The fourth-order valence-electron chi connectivity index (χ4n) is 2.95. The number of hydrogen-bond donors (Lipinski definition) is 2. The predicted octanol–water partition coefficient (Wildman–Crippen LogP) is 3.54. The number of imidazole rings is 1. The second-order valence-electron chi connectivity index (χ2n) is 5.91. The van der Waals surface area contributed by atoms with Gasteiger partial charge in [0.25, 0.3) is 5.91 Å². The molecular formula is C20H15N5O. The van der Waals surface area contributed by atoms with Gasteiger partial charge < -0.3 is 14.9 Å². The number of aromatic amines is 1. The van der Waals surface area contributed by atoms with Crippen LogP contribution in [0.25, 0.3) is 10.9 Å². The third-order valence-electron chi connectivity index (χ3n) is 4.19. The van der Waals surface area contributed by atoms with Gasteiger partial charge in [-0.3, -0.25) is 4.79 Å². The van der Waals surface area contributed by atoms with Gasteiger partial charge in [0, 0.05) is 35.5 Å². The van der Waals surface area contributed by atoms with Crippen molar-refractivity contribution in [2.45, 2.75) is 6.54 Å².